The Hall–Kier alpha value is -2.66. The Morgan fingerprint density at radius 3 is 2.65 bits per heavy atom. The van der Waals surface area contributed by atoms with Gasteiger partial charge in [-0.05, 0) is 49.9 Å². The molecule has 0 bridgehead atoms. The highest BCUT2D eigenvalue weighted by Crippen LogP contribution is 2.29. The van der Waals surface area contributed by atoms with E-state index in [0.717, 1.165) is 53.8 Å². The Kier molecular flexibility index (Phi) is 7.85. The summed E-state index contributed by atoms with van der Waals surface area (Å²) in [4.78, 5) is 20.6. The van der Waals surface area contributed by atoms with Crippen molar-refractivity contribution >= 4 is 22.6 Å². The van der Waals surface area contributed by atoms with Gasteiger partial charge in [0, 0.05) is 13.5 Å². The highest BCUT2D eigenvalue weighted by molar-refractivity contribution is 5.96. The van der Waals surface area contributed by atoms with Crippen molar-refractivity contribution in [3.63, 3.8) is 0 Å². The zero-order valence-electron chi connectivity index (χ0n) is 19.5. The second-order valence-electron chi connectivity index (χ2n) is 8.21. The highest BCUT2D eigenvalue weighted by Gasteiger charge is 2.27. The Morgan fingerprint density at radius 2 is 1.94 bits per heavy atom. The molecule has 0 spiro atoms. The molecule has 0 radical (unpaired) electrons. The molecule has 2 aromatic carbocycles. The number of unbranched alkanes of at least 4 members (excludes halogenated alkanes) is 1. The highest BCUT2D eigenvalue weighted by atomic mass is 16.5. The van der Waals surface area contributed by atoms with Crippen LogP contribution in [-0.4, -0.2) is 35.2 Å². The van der Waals surface area contributed by atoms with Crippen LogP contribution in [0.25, 0.3) is 11.0 Å². The normalized spacial score (nSPS) is 12.3. The van der Waals surface area contributed by atoms with E-state index in [-0.39, 0.29) is 18.5 Å². The number of aromatic nitrogens is 2. The van der Waals surface area contributed by atoms with Gasteiger partial charge in [0.1, 0.15) is 12.4 Å². The largest absolute Gasteiger partial charge is 0.383 e. The molecule has 1 unspecified atom stereocenters. The molecule has 31 heavy (non-hydrogen) atoms. The van der Waals surface area contributed by atoms with Gasteiger partial charge >= 0.3 is 0 Å². The first-order valence-corrected chi connectivity index (χ1v) is 11.3. The van der Waals surface area contributed by atoms with Gasteiger partial charge in [0.05, 0.1) is 29.4 Å². The average molecular weight is 422 g/mol. The fourth-order valence-electron chi connectivity index (χ4n) is 4.30. The van der Waals surface area contributed by atoms with Crippen LogP contribution in [0.1, 0.15) is 50.6 Å². The van der Waals surface area contributed by atoms with Crippen LogP contribution in [0.2, 0.25) is 0 Å². The molecule has 1 amide bonds. The van der Waals surface area contributed by atoms with E-state index in [4.69, 9.17) is 9.72 Å². The van der Waals surface area contributed by atoms with Crippen LogP contribution in [0.3, 0.4) is 0 Å². The number of imidazole rings is 1. The number of amides is 1. The number of hydrogen-bond donors (Lipinski definition) is 0. The van der Waals surface area contributed by atoms with Crippen LogP contribution in [-0.2, 0) is 28.9 Å². The van der Waals surface area contributed by atoms with Crippen molar-refractivity contribution in [1.29, 1.82) is 0 Å². The summed E-state index contributed by atoms with van der Waals surface area (Å²) in [5.41, 5.74) is 5.26. The van der Waals surface area contributed by atoms with Crippen LogP contribution in [0.4, 0.5) is 5.69 Å². The lowest BCUT2D eigenvalue weighted by Crippen LogP contribution is -2.44. The Labute approximate surface area is 186 Å². The smallest absolute Gasteiger partial charge is 0.247 e. The minimum atomic E-state index is -0.0715. The van der Waals surface area contributed by atoms with Crippen molar-refractivity contribution in [2.75, 3.05) is 18.6 Å². The monoisotopic (exact) mass is 421 g/mol. The molecule has 166 valence electrons. The number of anilines is 1. The van der Waals surface area contributed by atoms with Crippen LogP contribution >= 0.6 is 0 Å². The Bertz CT molecular complexity index is 1020. The summed E-state index contributed by atoms with van der Waals surface area (Å²) in [5, 5.41) is 0. The zero-order chi connectivity index (χ0) is 22.4. The zero-order valence-corrected chi connectivity index (χ0v) is 19.5. The summed E-state index contributed by atoms with van der Waals surface area (Å²) in [5.74, 6) is 1.05. The first kappa shape index (κ1) is 23.0. The molecule has 0 aliphatic rings. The number of ether oxygens (including phenoxy) is 1. The molecule has 5 heteroatoms. The van der Waals surface area contributed by atoms with E-state index >= 15 is 0 Å². The second kappa shape index (κ2) is 10.6. The fourth-order valence-corrected chi connectivity index (χ4v) is 4.30. The number of fused-ring (bicyclic) bond motifs is 1. The molecular formula is C26H35N3O2. The number of hydrogen-bond acceptors (Lipinski definition) is 3. The molecule has 0 saturated heterocycles. The van der Waals surface area contributed by atoms with Gasteiger partial charge in [-0.1, -0.05) is 50.6 Å². The summed E-state index contributed by atoms with van der Waals surface area (Å²) in [7, 11) is 1.68. The molecule has 0 aliphatic heterocycles. The number of benzene rings is 2. The Balaban J connectivity index is 2.04. The fraction of sp³-hybridized carbons (Fsp3) is 0.462. The first-order chi connectivity index (χ1) is 15.0. The second-order valence-corrected chi connectivity index (χ2v) is 8.21. The van der Waals surface area contributed by atoms with E-state index in [1.807, 2.05) is 23.1 Å². The standard InChI is InChI=1S/C26H35N3O2/c1-6-8-16-24-27-22-14-9-10-15-23(22)28(24)17-25(30)29(20(4)18-31-5)26-19(3)12-11-13-21(26)7-2/h9-15,20H,6-8,16-18H2,1-5H3. The van der Waals surface area contributed by atoms with E-state index < -0.39 is 0 Å². The minimum Gasteiger partial charge on any atom is -0.383 e. The quantitative estimate of drug-likeness (QED) is 0.445. The van der Waals surface area contributed by atoms with Crippen LogP contribution in [0.15, 0.2) is 42.5 Å². The van der Waals surface area contributed by atoms with E-state index in [0.29, 0.717) is 6.61 Å². The van der Waals surface area contributed by atoms with Gasteiger partial charge < -0.3 is 14.2 Å². The van der Waals surface area contributed by atoms with Crippen molar-refractivity contribution in [1.82, 2.24) is 9.55 Å². The summed E-state index contributed by atoms with van der Waals surface area (Å²) >= 11 is 0. The van der Waals surface area contributed by atoms with Gasteiger partial charge in [0.15, 0.2) is 0 Å². The van der Waals surface area contributed by atoms with Crippen molar-refractivity contribution < 1.29 is 9.53 Å². The molecule has 0 saturated carbocycles. The van der Waals surface area contributed by atoms with Gasteiger partial charge in [-0.15, -0.1) is 0 Å². The molecule has 1 heterocycles. The third-order valence-corrected chi connectivity index (χ3v) is 5.84. The summed E-state index contributed by atoms with van der Waals surface area (Å²) < 4.78 is 7.54. The van der Waals surface area contributed by atoms with Gasteiger partial charge in [-0.3, -0.25) is 4.79 Å². The number of nitrogens with zero attached hydrogens (tertiary/aromatic N) is 3. The molecule has 1 aromatic heterocycles. The number of para-hydroxylation sites is 3. The minimum absolute atomic E-state index is 0.0643. The maximum absolute atomic E-state index is 13.8. The molecule has 5 nitrogen and oxygen atoms in total. The van der Waals surface area contributed by atoms with E-state index in [1.54, 1.807) is 7.11 Å². The number of carbonyl (C=O) groups is 1. The topological polar surface area (TPSA) is 47.4 Å². The van der Waals surface area contributed by atoms with Crippen molar-refractivity contribution in [3.8, 4) is 0 Å². The van der Waals surface area contributed by atoms with Crippen molar-refractivity contribution in [2.24, 2.45) is 0 Å². The lowest BCUT2D eigenvalue weighted by Gasteiger charge is -2.32. The molecule has 3 aromatic rings. The van der Waals surface area contributed by atoms with E-state index in [2.05, 4.69) is 56.5 Å². The summed E-state index contributed by atoms with van der Waals surface area (Å²) in [6, 6.07) is 14.3. The lowest BCUT2D eigenvalue weighted by atomic mass is 10.0. The van der Waals surface area contributed by atoms with Crippen LogP contribution in [0, 0.1) is 6.92 Å². The van der Waals surface area contributed by atoms with Crippen LogP contribution < -0.4 is 4.90 Å². The maximum Gasteiger partial charge on any atom is 0.247 e. The van der Waals surface area contributed by atoms with Crippen molar-refractivity contribution in [3.05, 3.63) is 59.4 Å². The third-order valence-electron chi connectivity index (χ3n) is 5.84. The lowest BCUT2D eigenvalue weighted by molar-refractivity contribution is -0.119. The summed E-state index contributed by atoms with van der Waals surface area (Å²) in [6.45, 7) is 9.19. The molecular weight excluding hydrogens is 386 g/mol. The van der Waals surface area contributed by atoms with Crippen LogP contribution in [0.5, 0.6) is 0 Å². The van der Waals surface area contributed by atoms with E-state index in [9.17, 15) is 4.79 Å². The van der Waals surface area contributed by atoms with Gasteiger partial charge in [0.2, 0.25) is 5.91 Å². The number of carbonyl (C=O) groups excluding carboxylic acids is 1. The van der Waals surface area contributed by atoms with E-state index in [1.165, 1.54) is 5.56 Å². The number of rotatable bonds is 10. The molecule has 1 atom stereocenters. The van der Waals surface area contributed by atoms with Gasteiger partial charge in [-0.2, -0.15) is 0 Å². The number of methoxy groups -OCH3 is 1. The predicted molar refractivity (Wildman–Crippen MR) is 128 cm³/mol. The van der Waals surface area contributed by atoms with Gasteiger partial charge in [-0.25, -0.2) is 4.98 Å². The predicted octanol–water partition coefficient (Wildman–Crippen LogP) is 5.32. The third kappa shape index (κ3) is 4.99. The summed E-state index contributed by atoms with van der Waals surface area (Å²) in [6.07, 6.45) is 3.89. The molecule has 0 fully saturated rings. The Morgan fingerprint density at radius 1 is 1.16 bits per heavy atom. The average Bonchev–Trinajstić information content (AvgIpc) is 3.11. The van der Waals surface area contributed by atoms with Crippen molar-refractivity contribution in [2.45, 2.75) is 66.0 Å². The molecule has 0 aliphatic carbocycles. The molecule has 3 rings (SSSR count). The molecule has 0 N–H and O–H groups in total. The van der Waals surface area contributed by atoms with Gasteiger partial charge in [0.25, 0.3) is 0 Å². The maximum atomic E-state index is 13.8. The SMILES string of the molecule is CCCCc1nc2ccccc2n1CC(=O)N(c1c(C)cccc1CC)C(C)COC. The first-order valence-electron chi connectivity index (χ1n) is 11.3. The number of aryl methyl sites for hydroxylation is 3.